The lowest BCUT2D eigenvalue weighted by atomic mass is 9.85. The van der Waals surface area contributed by atoms with Crippen molar-refractivity contribution in [2.24, 2.45) is 0 Å². The van der Waals surface area contributed by atoms with Gasteiger partial charge in [0, 0.05) is 6.42 Å². The molecule has 266 valence electrons. The van der Waals surface area contributed by atoms with Crippen LogP contribution >= 0.6 is 0 Å². The molecule has 0 radical (unpaired) electrons. The minimum Gasteiger partial charge on any atom is -0.120 e. The maximum Gasteiger partial charge on any atom is 0.0346 e. The van der Waals surface area contributed by atoms with Crippen LogP contribution in [0.5, 0.6) is 0 Å². The zero-order chi connectivity index (χ0) is 38.2. The molecule has 0 aliphatic carbocycles. The average molecular weight is 691 g/mol. The lowest BCUT2D eigenvalue weighted by Crippen LogP contribution is -1.91. The zero-order valence-corrected chi connectivity index (χ0v) is 32.9. The molecule has 0 saturated heterocycles. The Labute approximate surface area is 319 Å². The highest BCUT2D eigenvalue weighted by Crippen LogP contribution is 2.44. The first kappa shape index (κ1) is 39.9. The highest BCUT2D eigenvalue weighted by atomic mass is 14.2. The van der Waals surface area contributed by atoms with E-state index in [1.165, 1.54) is 82.8 Å². The molecule has 0 spiro atoms. The Bertz CT molecular complexity index is 2280. The van der Waals surface area contributed by atoms with Crippen LogP contribution in [0.1, 0.15) is 64.7 Å². The molecule has 0 N–H and O–H groups in total. The first-order valence-electron chi connectivity index (χ1n) is 19.0. The molecule has 0 heteroatoms. The number of aryl methyl sites for hydroxylation is 2. The van der Waals surface area contributed by atoms with Gasteiger partial charge in [-0.15, -0.1) is 12.3 Å². The number of fused-ring (bicyclic) bond motifs is 2. The Morgan fingerprint density at radius 2 is 0.981 bits per heavy atom. The monoisotopic (exact) mass is 690 g/mol. The number of rotatable bonds is 6. The van der Waals surface area contributed by atoms with Gasteiger partial charge in [0.25, 0.3) is 0 Å². The van der Waals surface area contributed by atoms with Gasteiger partial charge in [0.2, 0.25) is 0 Å². The van der Waals surface area contributed by atoms with Crippen molar-refractivity contribution < 1.29 is 0 Å². The van der Waals surface area contributed by atoms with Crippen molar-refractivity contribution >= 4 is 27.1 Å². The minimum absolute atomic E-state index is 0.682. The van der Waals surface area contributed by atoms with Gasteiger partial charge in [0.05, 0.1) is 0 Å². The highest BCUT2D eigenvalue weighted by Gasteiger charge is 2.16. The molecular formula is C53H54. The third kappa shape index (κ3) is 9.51. The molecule has 0 amide bonds. The fraction of sp³-hybridized carbons (Fsp3) is 0.170. The summed E-state index contributed by atoms with van der Waals surface area (Å²) >= 11 is 0. The van der Waals surface area contributed by atoms with Gasteiger partial charge in [-0.2, -0.15) is 0 Å². The molecule has 53 heavy (non-hydrogen) atoms. The SMILES string of the molecule is C#CC/C(=C(C)\C=C/C)c1ccccc1C.CC.CC.Cc1cccc(-c2cccc(-c3c4ccccc4c(-c4ccccc4)c4ccccc34)c2)c1. The molecule has 0 bridgehead atoms. The van der Waals surface area contributed by atoms with Crippen LogP contribution in [0.4, 0.5) is 0 Å². The molecular weight excluding hydrogens is 637 g/mol. The summed E-state index contributed by atoms with van der Waals surface area (Å²) < 4.78 is 0. The molecule has 0 nitrogen and oxygen atoms in total. The second kappa shape index (κ2) is 20.2. The smallest absolute Gasteiger partial charge is 0.0346 e. The van der Waals surface area contributed by atoms with Crippen molar-refractivity contribution in [3.63, 3.8) is 0 Å². The molecule has 0 saturated carbocycles. The van der Waals surface area contributed by atoms with Gasteiger partial charge in [-0.3, -0.25) is 0 Å². The van der Waals surface area contributed by atoms with Crippen molar-refractivity contribution in [1.82, 2.24) is 0 Å². The molecule has 0 unspecified atom stereocenters. The number of hydrogen-bond acceptors (Lipinski definition) is 0. The number of benzene rings is 7. The predicted octanol–water partition coefficient (Wildman–Crippen LogP) is 15.7. The van der Waals surface area contributed by atoms with Crippen LogP contribution in [0.3, 0.4) is 0 Å². The van der Waals surface area contributed by atoms with E-state index in [9.17, 15) is 0 Å². The van der Waals surface area contributed by atoms with Gasteiger partial charge in [-0.25, -0.2) is 0 Å². The van der Waals surface area contributed by atoms with E-state index in [0.29, 0.717) is 6.42 Å². The van der Waals surface area contributed by atoms with E-state index in [1.807, 2.05) is 40.7 Å². The summed E-state index contributed by atoms with van der Waals surface area (Å²) in [6, 6.07) is 54.5. The van der Waals surface area contributed by atoms with E-state index in [0.717, 1.165) is 0 Å². The molecule has 0 fully saturated rings. The summed E-state index contributed by atoms with van der Waals surface area (Å²) in [7, 11) is 0. The molecule has 7 aromatic carbocycles. The second-order valence-corrected chi connectivity index (χ2v) is 12.5. The zero-order valence-electron chi connectivity index (χ0n) is 32.9. The first-order chi connectivity index (χ1) is 26.0. The molecule has 7 aromatic rings. The largest absolute Gasteiger partial charge is 0.120 e. The molecule has 0 aliphatic rings. The number of hydrogen-bond donors (Lipinski definition) is 0. The van der Waals surface area contributed by atoms with Crippen molar-refractivity contribution in [2.45, 2.75) is 61.8 Å². The third-order valence-corrected chi connectivity index (χ3v) is 9.14. The fourth-order valence-corrected chi connectivity index (χ4v) is 6.85. The van der Waals surface area contributed by atoms with E-state index < -0.39 is 0 Å². The van der Waals surface area contributed by atoms with Gasteiger partial charge in [-0.05, 0) is 111 Å². The van der Waals surface area contributed by atoms with E-state index in [2.05, 4.69) is 184 Å². The normalized spacial score (nSPS) is 10.9. The van der Waals surface area contributed by atoms with Crippen molar-refractivity contribution in [2.75, 3.05) is 0 Å². The Kier molecular flexibility index (Phi) is 15.2. The maximum absolute atomic E-state index is 5.44. The second-order valence-electron chi connectivity index (χ2n) is 12.5. The van der Waals surface area contributed by atoms with Crippen LogP contribution in [-0.2, 0) is 0 Å². The summed E-state index contributed by atoms with van der Waals surface area (Å²) in [5.41, 5.74) is 13.9. The summed E-state index contributed by atoms with van der Waals surface area (Å²) in [4.78, 5) is 0. The topological polar surface area (TPSA) is 0 Å². The molecule has 0 heterocycles. The number of terminal acetylenes is 1. The summed E-state index contributed by atoms with van der Waals surface area (Å²) in [5.74, 6) is 2.74. The molecule has 0 aliphatic heterocycles. The quantitative estimate of drug-likeness (QED) is 0.0926. The molecule has 7 rings (SSSR count). The van der Waals surface area contributed by atoms with Gasteiger partial charge < -0.3 is 0 Å². The Balaban J connectivity index is 0.000000266. The lowest BCUT2D eigenvalue weighted by molar-refractivity contribution is 1.32. The summed E-state index contributed by atoms with van der Waals surface area (Å²) in [6.07, 6.45) is 10.3. The van der Waals surface area contributed by atoms with Crippen LogP contribution in [0.15, 0.2) is 169 Å². The fourth-order valence-electron chi connectivity index (χ4n) is 6.85. The summed E-state index contributed by atoms with van der Waals surface area (Å²) in [5, 5.41) is 5.16. The highest BCUT2D eigenvalue weighted by molar-refractivity contribution is 6.21. The van der Waals surface area contributed by atoms with E-state index in [-0.39, 0.29) is 0 Å². The minimum atomic E-state index is 0.682. The van der Waals surface area contributed by atoms with Crippen LogP contribution in [-0.4, -0.2) is 0 Å². The van der Waals surface area contributed by atoms with Crippen LogP contribution in [0.25, 0.3) is 60.5 Å². The van der Waals surface area contributed by atoms with Gasteiger partial charge >= 0.3 is 0 Å². The van der Waals surface area contributed by atoms with Gasteiger partial charge in [0.1, 0.15) is 0 Å². The Morgan fingerprint density at radius 1 is 0.528 bits per heavy atom. The van der Waals surface area contributed by atoms with E-state index >= 15 is 0 Å². The Hall–Kier alpha value is -5.90. The first-order valence-corrected chi connectivity index (χ1v) is 19.0. The van der Waals surface area contributed by atoms with E-state index in [4.69, 9.17) is 6.42 Å². The average Bonchev–Trinajstić information content (AvgIpc) is 3.21. The predicted molar refractivity (Wildman–Crippen MR) is 237 cm³/mol. The Morgan fingerprint density at radius 3 is 1.51 bits per heavy atom. The van der Waals surface area contributed by atoms with E-state index in [1.54, 1.807) is 0 Å². The van der Waals surface area contributed by atoms with Gasteiger partial charge in [0.15, 0.2) is 0 Å². The van der Waals surface area contributed by atoms with Gasteiger partial charge in [-0.1, -0.05) is 191 Å². The lowest BCUT2D eigenvalue weighted by Gasteiger charge is -2.18. The third-order valence-electron chi connectivity index (χ3n) is 9.14. The maximum atomic E-state index is 5.44. The molecule has 0 atom stereocenters. The van der Waals surface area contributed by atoms with Crippen molar-refractivity contribution in [1.29, 1.82) is 0 Å². The standard InChI is InChI=1S/C33H24.C16H18.2C2H6/c1-23-11-9-14-25(21-23)26-15-10-16-27(22-26)33-30-19-7-5-17-28(30)32(24-12-3-2-4-13-24)29-18-6-8-20-31(29)33;1-5-9-13(3)15(10-6-2)16-12-8-7-11-14(16)4;2*1-2/h2-22H,1H3;2,5,7-9,11-12H,10H2,1,3-4H3;2*1-2H3/b;9-5-,15-13+;;. The van der Waals surface area contributed by atoms with Crippen molar-refractivity contribution in [3.05, 3.63) is 186 Å². The number of allylic oxidation sites excluding steroid dienone is 4. The summed E-state index contributed by atoms with van der Waals surface area (Å²) in [6.45, 7) is 16.4. The van der Waals surface area contributed by atoms with Crippen molar-refractivity contribution in [3.8, 4) is 45.7 Å². The van der Waals surface area contributed by atoms with Crippen LogP contribution in [0.2, 0.25) is 0 Å². The molecule has 0 aromatic heterocycles. The van der Waals surface area contributed by atoms with Crippen LogP contribution in [0, 0.1) is 26.2 Å². The van der Waals surface area contributed by atoms with Crippen LogP contribution < -0.4 is 0 Å².